The van der Waals surface area contributed by atoms with Crippen molar-refractivity contribution in [1.29, 1.82) is 0 Å². The van der Waals surface area contributed by atoms with Crippen molar-refractivity contribution in [1.82, 2.24) is 0 Å². The van der Waals surface area contributed by atoms with Gasteiger partial charge in [-0.2, -0.15) is 0 Å². The summed E-state index contributed by atoms with van der Waals surface area (Å²) < 4.78 is 4.61. The lowest BCUT2D eigenvalue weighted by atomic mass is 10.2. The molecule has 0 radical (unpaired) electrons. The molecular formula is C12H18O3. The molecule has 0 saturated heterocycles. The molecule has 0 spiro atoms. The first-order chi connectivity index (χ1) is 7.35. The Hall–Kier alpha value is -1.38. The molecule has 0 aromatic carbocycles. The second-order valence-electron chi connectivity index (χ2n) is 3.15. The highest BCUT2D eigenvalue weighted by atomic mass is 16.3. The maximum absolute atomic E-state index is 9.77. The Kier molecular flexibility index (Phi) is 9.71. The number of hydrogen-bond acceptors (Lipinski definition) is 3. The summed E-state index contributed by atoms with van der Waals surface area (Å²) in [5.41, 5.74) is 0. The van der Waals surface area contributed by atoms with E-state index in [2.05, 4.69) is 11.3 Å². The van der Waals surface area contributed by atoms with Crippen LogP contribution in [0.15, 0.2) is 22.8 Å². The normalized spacial score (nSPS) is 8.87. The van der Waals surface area contributed by atoms with E-state index in [-0.39, 0.29) is 0 Å². The molecule has 1 heterocycles. The van der Waals surface area contributed by atoms with Gasteiger partial charge >= 0.3 is 0 Å². The van der Waals surface area contributed by atoms with Crippen LogP contribution in [0.4, 0.5) is 0 Å². The first kappa shape index (κ1) is 13.6. The van der Waals surface area contributed by atoms with Gasteiger partial charge in [-0.1, -0.05) is 26.2 Å². The van der Waals surface area contributed by atoms with Gasteiger partial charge in [-0.15, -0.1) is 0 Å². The molecule has 3 heteroatoms. The van der Waals surface area contributed by atoms with E-state index in [1.165, 1.54) is 25.5 Å². The van der Waals surface area contributed by atoms with Gasteiger partial charge in [0.1, 0.15) is 6.29 Å². The Morgan fingerprint density at radius 1 is 1.27 bits per heavy atom. The highest BCUT2D eigenvalue weighted by molar-refractivity contribution is 5.69. The van der Waals surface area contributed by atoms with Crippen molar-refractivity contribution >= 4 is 12.6 Å². The molecule has 0 N–H and O–H groups in total. The third-order valence-electron chi connectivity index (χ3n) is 1.83. The smallest absolute Gasteiger partial charge is 0.185 e. The predicted molar refractivity (Wildman–Crippen MR) is 58.9 cm³/mol. The Balaban J connectivity index is 0.000000262. The van der Waals surface area contributed by atoms with Crippen molar-refractivity contribution in [2.75, 3.05) is 0 Å². The number of carbonyl (C=O) groups is 2. The van der Waals surface area contributed by atoms with Crippen LogP contribution in [0.1, 0.15) is 49.6 Å². The van der Waals surface area contributed by atoms with Crippen LogP contribution in [-0.4, -0.2) is 12.6 Å². The van der Waals surface area contributed by atoms with Crippen LogP contribution in [0.2, 0.25) is 0 Å². The van der Waals surface area contributed by atoms with E-state index >= 15 is 0 Å². The largest absolute Gasteiger partial charge is 0.462 e. The molecule has 1 aromatic heterocycles. The molecule has 15 heavy (non-hydrogen) atoms. The lowest BCUT2D eigenvalue weighted by molar-refractivity contribution is -0.107. The molecule has 0 aliphatic rings. The molecule has 1 rings (SSSR count). The zero-order valence-corrected chi connectivity index (χ0v) is 9.15. The quantitative estimate of drug-likeness (QED) is 0.535. The molecule has 0 atom stereocenters. The maximum atomic E-state index is 9.77. The Morgan fingerprint density at radius 2 is 2.07 bits per heavy atom. The fourth-order valence-corrected chi connectivity index (χ4v) is 1.01. The van der Waals surface area contributed by atoms with Gasteiger partial charge in [0.05, 0.1) is 6.26 Å². The van der Waals surface area contributed by atoms with Crippen LogP contribution >= 0.6 is 0 Å². The van der Waals surface area contributed by atoms with Crippen LogP contribution in [0, 0.1) is 0 Å². The van der Waals surface area contributed by atoms with Crippen LogP contribution in [-0.2, 0) is 4.79 Å². The summed E-state index contributed by atoms with van der Waals surface area (Å²) in [4.78, 5) is 19.5. The van der Waals surface area contributed by atoms with Crippen molar-refractivity contribution in [3.05, 3.63) is 24.2 Å². The van der Waals surface area contributed by atoms with Crippen LogP contribution < -0.4 is 0 Å². The molecule has 0 fully saturated rings. The second kappa shape index (κ2) is 10.7. The van der Waals surface area contributed by atoms with E-state index < -0.39 is 0 Å². The van der Waals surface area contributed by atoms with Crippen molar-refractivity contribution in [2.24, 2.45) is 0 Å². The maximum Gasteiger partial charge on any atom is 0.185 e. The zero-order chi connectivity index (χ0) is 11.4. The first-order valence-corrected chi connectivity index (χ1v) is 5.27. The van der Waals surface area contributed by atoms with E-state index in [0.717, 1.165) is 19.1 Å². The summed E-state index contributed by atoms with van der Waals surface area (Å²) in [6, 6.07) is 3.27. The van der Waals surface area contributed by atoms with Gasteiger partial charge in [-0.3, -0.25) is 4.79 Å². The summed E-state index contributed by atoms with van der Waals surface area (Å²) in [5, 5.41) is 0. The van der Waals surface area contributed by atoms with Gasteiger partial charge in [-0.05, 0) is 18.6 Å². The van der Waals surface area contributed by atoms with Crippen molar-refractivity contribution in [2.45, 2.75) is 39.0 Å². The first-order valence-electron chi connectivity index (χ1n) is 5.27. The lowest BCUT2D eigenvalue weighted by Crippen LogP contribution is -1.76. The SMILES string of the molecule is CCCCCCC=O.O=Cc1ccco1. The van der Waals surface area contributed by atoms with Crippen molar-refractivity contribution < 1.29 is 14.0 Å². The van der Waals surface area contributed by atoms with Gasteiger partial charge in [-0.25, -0.2) is 0 Å². The minimum atomic E-state index is 0.375. The van der Waals surface area contributed by atoms with E-state index in [1.54, 1.807) is 12.1 Å². The van der Waals surface area contributed by atoms with Gasteiger partial charge in [0.2, 0.25) is 0 Å². The van der Waals surface area contributed by atoms with Gasteiger partial charge in [0.15, 0.2) is 12.0 Å². The number of unbranched alkanes of at least 4 members (excludes halogenated alkanes) is 4. The molecule has 0 amide bonds. The molecule has 3 nitrogen and oxygen atoms in total. The summed E-state index contributed by atoms with van der Waals surface area (Å²) in [5.74, 6) is 0.375. The number of carbonyl (C=O) groups excluding carboxylic acids is 2. The Morgan fingerprint density at radius 3 is 2.47 bits per heavy atom. The predicted octanol–water partition coefficient (Wildman–Crippen LogP) is 3.25. The molecule has 0 saturated carbocycles. The van der Waals surface area contributed by atoms with Crippen LogP contribution in [0.5, 0.6) is 0 Å². The zero-order valence-electron chi connectivity index (χ0n) is 9.15. The second-order valence-corrected chi connectivity index (χ2v) is 3.15. The van der Waals surface area contributed by atoms with E-state index in [4.69, 9.17) is 0 Å². The van der Waals surface area contributed by atoms with E-state index in [0.29, 0.717) is 12.0 Å². The third-order valence-corrected chi connectivity index (χ3v) is 1.83. The van der Waals surface area contributed by atoms with Crippen molar-refractivity contribution in [3.63, 3.8) is 0 Å². The third kappa shape index (κ3) is 8.94. The molecule has 0 bridgehead atoms. The summed E-state index contributed by atoms with van der Waals surface area (Å²) >= 11 is 0. The monoisotopic (exact) mass is 210 g/mol. The topological polar surface area (TPSA) is 47.3 Å². The van der Waals surface area contributed by atoms with E-state index in [1.807, 2.05) is 0 Å². The van der Waals surface area contributed by atoms with Gasteiger partial charge in [0.25, 0.3) is 0 Å². The summed E-state index contributed by atoms with van der Waals surface area (Å²) in [6.07, 6.45) is 8.69. The highest BCUT2D eigenvalue weighted by Crippen LogP contribution is 1.99. The lowest BCUT2D eigenvalue weighted by Gasteiger charge is -1.90. The summed E-state index contributed by atoms with van der Waals surface area (Å²) in [6.45, 7) is 2.17. The fraction of sp³-hybridized carbons (Fsp3) is 0.500. The minimum Gasteiger partial charge on any atom is -0.462 e. The molecule has 0 unspecified atom stereocenters. The number of hydrogen-bond donors (Lipinski definition) is 0. The van der Waals surface area contributed by atoms with Gasteiger partial charge < -0.3 is 9.21 Å². The van der Waals surface area contributed by atoms with Crippen LogP contribution in [0.25, 0.3) is 0 Å². The van der Waals surface area contributed by atoms with Gasteiger partial charge in [0, 0.05) is 6.42 Å². The number of furan rings is 1. The van der Waals surface area contributed by atoms with E-state index in [9.17, 15) is 9.59 Å². The fourth-order valence-electron chi connectivity index (χ4n) is 1.01. The molecule has 0 aliphatic heterocycles. The molecular weight excluding hydrogens is 192 g/mol. The average molecular weight is 210 g/mol. The number of rotatable bonds is 6. The molecule has 0 aliphatic carbocycles. The number of aldehydes is 2. The Labute approximate surface area is 90.5 Å². The Bertz CT molecular complexity index is 239. The summed E-state index contributed by atoms with van der Waals surface area (Å²) in [7, 11) is 0. The van der Waals surface area contributed by atoms with Crippen molar-refractivity contribution in [3.8, 4) is 0 Å². The molecule has 1 aromatic rings. The van der Waals surface area contributed by atoms with Crippen LogP contribution in [0.3, 0.4) is 0 Å². The standard InChI is InChI=1S/C7H14O.C5H4O2/c1-2-3-4-5-6-7-8;6-4-5-2-1-3-7-5/h7H,2-6H2,1H3;1-4H. The average Bonchev–Trinajstić information content (AvgIpc) is 2.78. The molecule has 84 valence electrons. The minimum absolute atomic E-state index is 0.375. The highest BCUT2D eigenvalue weighted by Gasteiger charge is 1.84.